The molecule has 0 N–H and O–H groups in total. The molecule has 0 amide bonds. The minimum Gasteiger partial charge on any atom is -0.463 e. The average molecular weight is 368 g/mol. The number of aromatic nitrogens is 2. The maximum atomic E-state index is 13.0. The van der Waals surface area contributed by atoms with Gasteiger partial charge in [-0.3, -0.25) is 14.4 Å². The normalized spacial score (nSPS) is 10.9. The molecule has 3 aromatic rings. The van der Waals surface area contributed by atoms with Crippen molar-refractivity contribution in [1.29, 1.82) is 0 Å². The molecule has 7 heteroatoms. The van der Waals surface area contributed by atoms with Gasteiger partial charge in [-0.25, -0.2) is 9.36 Å². The monoisotopic (exact) mass is 368 g/mol. The second-order valence-corrected chi connectivity index (χ2v) is 5.88. The Morgan fingerprint density at radius 2 is 1.48 bits per heavy atom. The van der Waals surface area contributed by atoms with Gasteiger partial charge in [-0.05, 0) is 24.3 Å². The van der Waals surface area contributed by atoms with E-state index >= 15 is 0 Å². The lowest BCUT2D eigenvalue weighted by Gasteiger charge is -2.17. The molecule has 0 fully saturated rings. The predicted molar refractivity (Wildman–Crippen MR) is 101 cm³/mol. The molecule has 0 radical (unpaired) electrons. The van der Waals surface area contributed by atoms with E-state index in [1.165, 1.54) is 16.3 Å². The van der Waals surface area contributed by atoms with Crippen molar-refractivity contribution in [2.75, 3.05) is 19.8 Å². The van der Waals surface area contributed by atoms with Crippen LogP contribution in [0.25, 0.3) is 16.5 Å². The van der Waals surface area contributed by atoms with Crippen LogP contribution in [0.5, 0.6) is 0 Å². The lowest BCUT2D eigenvalue weighted by molar-refractivity contribution is -0.142. The molecule has 0 saturated carbocycles. The van der Waals surface area contributed by atoms with Crippen LogP contribution in [0.3, 0.4) is 0 Å². The largest absolute Gasteiger partial charge is 0.463 e. The fraction of sp³-hybridized carbons (Fsp3) is 0.250. The number of fused-ring (bicyclic) bond motifs is 1. The molecule has 0 atom stereocenters. The summed E-state index contributed by atoms with van der Waals surface area (Å²) >= 11 is 0. The summed E-state index contributed by atoms with van der Waals surface area (Å²) in [4.78, 5) is 36.7. The van der Waals surface area contributed by atoms with Gasteiger partial charge in [-0.1, -0.05) is 30.3 Å². The highest BCUT2D eigenvalue weighted by Crippen LogP contribution is 2.08. The Hall–Kier alpha value is -3.19. The van der Waals surface area contributed by atoms with Gasteiger partial charge in [0.25, 0.3) is 11.1 Å². The molecule has 7 nitrogen and oxygen atoms in total. The van der Waals surface area contributed by atoms with Crippen molar-refractivity contribution in [1.82, 2.24) is 9.36 Å². The number of ether oxygens (including phenoxy) is 2. The standard InChI is InChI=1S/C20H20N2O5/c1-15(23)27-14-13-26-12-11-21-19(24)17-9-5-6-10-18(17)20(25)22(21)16-7-3-2-4-8-16/h2-10H,11-14H2,1H3. The minimum absolute atomic E-state index is 0.146. The van der Waals surface area contributed by atoms with E-state index in [2.05, 4.69) is 0 Å². The van der Waals surface area contributed by atoms with E-state index in [1.807, 2.05) is 6.07 Å². The summed E-state index contributed by atoms with van der Waals surface area (Å²) in [7, 11) is 0. The summed E-state index contributed by atoms with van der Waals surface area (Å²) in [6.45, 7) is 2.08. The van der Waals surface area contributed by atoms with Crippen LogP contribution in [0.15, 0.2) is 64.2 Å². The summed E-state index contributed by atoms with van der Waals surface area (Å²) in [5.74, 6) is -0.373. The molecule has 1 aromatic heterocycles. The first-order valence-corrected chi connectivity index (χ1v) is 8.61. The third-order valence-corrected chi connectivity index (χ3v) is 4.04. The fourth-order valence-corrected chi connectivity index (χ4v) is 2.83. The van der Waals surface area contributed by atoms with Gasteiger partial charge < -0.3 is 9.47 Å². The van der Waals surface area contributed by atoms with Crippen molar-refractivity contribution >= 4 is 16.7 Å². The molecule has 0 aliphatic carbocycles. The second-order valence-electron chi connectivity index (χ2n) is 5.88. The van der Waals surface area contributed by atoms with E-state index in [-0.39, 0.29) is 43.5 Å². The van der Waals surface area contributed by atoms with Crippen molar-refractivity contribution in [3.05, 3.63) is 75.3 Å². The Kier molecular flexibility index (Phi) is 5.83. The maximum absolute atomic E-state index is 13.0. The molecule has 1 heterocycles. The van der Waals surface area contributed by atoms with Crippen LogP contribution < -0.4 is 11.1 Å². The smallest absolute Gasteiger partial charge is 0.302 e. The number of carbonyl (C=O) groups is 1. The number of hydrogen-bond donors (Lipinski definition) is 0. The van der Waals surface area contributed by atoms with Crippen molar-refractivity contribution < 1.29 is 14.3 Å². The van der Waals surface area contributed by atoms with Crippen molar-refractivity contribution in [2.24, 2.45) is 0 Å². The zero-order valence-electron chi connectivity index (χ0n) is 15.0. The average Bonchev–Trinajstić information content (AvgIpc) is 2.68. The molecule has 2 aromatic carbocycles. The fourth-order valence-electron chi connectivity index (χ4n) is 2.83. The van der Waals surface area contributed by atoms with E-state index < -0.39 is 0 Å². The summed E-state index contributed by atoms with van der Waals surface area (Å²) in [6, 6.07) is 15.8. The van der Waals surface area contributed by atoms with Crippen LogP contribution in [0, 0.1) is 0 Å². The predicted octanol–water partition coefficient (Wildman–Crippen LogP) is 1.73. The van der Waals surface area contributed by atoms with Gasteiger partial charge in [0.15, 0.2) is 0 Å². The van der Waals surface area contributed by atoms with Gasteiger partial charge in [0.05, 0.1) is 36.2 Å². The third kappa shape index (κ3) is 4.15. The first kappa shape index (κ1) is 18.6. The molecule has 0 saturated heterocycles. The van der Waals surface area contributed by atoms with Crippen LogP contribution in [0.2, 0.25) is 0 Å². The first-order chi connectivity index (χ1) is 13.1. The van der Waals surface area contributed by atoms with Gasteiger partial charge in [-0.15, -0.1) is 0 Å². The van der Waals surface area contributed by atoms with Gasteiger partial charge >= 0.3 is 5.97 Å². The minimum atomic E-state index is -0.373. The number of benzene rings is 2. The first-order valence-electron chi connectivity index (χ1n) is 8.61. The summed E-state index contributed by atoms with van der Waals surface area (Å²) in [6.07, 6.45) is 0. The molecular formula is C20H20N2O5. The molecule has 0 unspecified atom stereocenters. The van der Waals surface area contributed by atoms with Crippen LogP contribution in [-0.2, 0) is 20.8 Å². The molecule has 0 aliphatic heterocycles. The molecule has 140 valence electrons. The lowest BCUT2D eigenvalue weighted by atomic mass is 10.2. The van der Waals surface area contributed by atoms with Crippen LogP contribution in [0.4, 0.5) is 0 Å². The van der Waals surface area contributed by atoms with Gasteiger partial charge in [0.1, 0.15) is 6.61 Å². The Morgan fingerprint density at radius 1 is 0.852 bits per heavy atom. The van der Waals surface area contributed by atoms with Crippen molar-refractivity contribution in [2.45, 2.75) is 13.5 Å². The van der Waals surface area contributed by atoms with Crippen LogP contribution in [0.1, 0.15) is 6.92 Å². The highest BCUT2D eigenvalue weighted by molar-refractivity contribution is 5.80. The van der Waals surface area contributed by atoms with E-state index in [0.29, 0.717) is 16.5 Å². The molecule has 0 bridgehead atoms. The number of carbonyl (C=O) groups excluding carboxylic acids is 1. The Balaban J connectivity index is 1.95. The van der Waals surface area contributed by atoms with Gasteiger partial charge in [-0.2, -0.15) is 0 Å². The Bertz CT molecular complexity index is 1050. The van der Waals surface area contributed by atoms with E-state index in [1.54, 1.807) is 48.5 Å². The van der Waals surface area contributed by atoms with Gasteiger partial charge in [0.2, 0.25) is 0 Å². The third-order valence-electron chi connectivity index (χ3n) is 4.04. The number of para-hydroxylation sites is 1. The highest BCUT2D eigenvalue weighted by atomic mass is 16.6. The maximum Gasteiger partial charge on any atom is 0.302 e. The van der Waals surface area contributed by atoms with Gasteiger partial charge in [0, 0.05) is 6.92 Å². The molecule has 0 spiro atoms. The topological polar surface area (TPSA) is 79.5 Å². The molecule has 27 heavy (non-hydrogen) atoms. The number of esters is 1. The summed E-state index contributed by atoms with van der Waals surface area (Å²) < 4.78 is 13.0. The molecule has 0 aliphatic rings. The zero-order chi connectivity index (χ0) is 19.2. The van der Waals surface area contributed by atoms with Crippen molar-refractivity contribution in [3.8, 4) is 5.69 Å². The number of nitrogens with zero attached hydrogens (tertiary/aromatic N) is 2. The van der Waals surface area contributed by atoms with Crippen LogP contribution in [-0.4, -0.2) is 35.2 Å². The summed E-state index contributed by atoms with van der Waals surface area (Å²) in [5, 5.41) is 0.743. The SMILES string of the molecule is CC(=O)OCCOCCn1c(=O)c2ccccc2c(=O)n1-c1ccccc1. The summed E-state index contributed by atoms with van der Waals surface area (Å²) in [5.41, 5.74) is 0.0687. The van der Waals surface area contributed by atoms with E-state index in [4.69, 9.17) is 9.47 Å². The van der Waals surface area contributed by atoms with E-state index in [9.17, 15) is 14.4 Å². The van der Waals surface area contributed by atoms with Crippen LogP contribution >= 0.6 is 0 Å². The lowest BCUT2D eigenvalue weighted by Crippen LogP contribution is -2.38. The number of hydrogen-bond acceptors (Lipinski definition) is 5. The molecular weight excluding hydrogens is 348 g/mol. The number of rotatable bonds is 7. The zero-order valence-corrected chi connectivity index (χ0v) is 15.0. The quantitative estimate of drug-likeness (QED) is 0.469. The Morgan fingerprint density at radius 3 is 2.15 bits per heavy atom. The van der Waals surface area contributed by atoms with E-state index in [0.717, 1.165) is 0 Å². The highest BCUT2D eigenvalue weighted by Gasteiger charge is 2.14. The van der Waals surface area contributed by atoms with Crippen molar-refractivity contribution in [3.63, 3.8) is 0 Å². The molecule has 3 rings (SSSR count). The Labute approximate surface area is 155 Å². The second kappa shape index (κ2) is 8.46.